The Morgan fingerprint density at radius 1 is 0.483 bits per heavy atom. The second-order valence-electron chi connectivity index (χ2n) is 26.2. The highest BCUT2D eigenvalue weighted by Crippen LogP contribution is 2.73. The van der Waals surface area contributed by atoms with Gasteiger partial charge in [0.05, 0.1) is 18.5 Å². The minimum atomic E-state index is 0.406. The van der Waals surface area contributed by atoms with Gasteiger partial charge in [0.2, 0.25) is 0 Å². The van der Waals surface area contributed by atoms with Gasteiger partial charge < -0.3 is 0 Å². The van der Waals surface area contributed by atoms with E-state index >= 15 is 0 Å². The minimum Gasteiger partial charge on any atom is -0.293 e. The Balaban J connectivity index is 0.982. The zero-order chi connectivity index (χ0) is 39.7. The van der Waals surface area contributed by atoms with Crippen molar-refractivity contribution in [1.29, 1.82) is 0 Å². The Hall–Kier alpha value is -0.160. The van der Waals surface area contributed by atoms with Crippen molar-refractivity contribution in [3.05, 3.63) is 0 Å². The van der Waals surface area contributed by atoms with Crippen molar-refractivity contribution in [3.63, 3.8) is 0 Å². The van der Waals surface area contributed by atoms with Gasteiger partial charge in [-0.25, -0.2) is 0 Å². The van der Waals surface area contributed by atoms with E-state index in [1.54, 1.807) is 51.4 Å². The fourth-order valence-corrected chi connectivity index (χ4v) is 20.6. The molecule has 2 saturated heterocycles. The molecule has 328 valence electrons. The van der Waals surface area contributed by atoms with E-state index in [0.29, 0.717) is 45.6 Å². The third-order valence-corrected chi connectivity index (χ3v) is 23.5. The maximum Gasteiger partial charge on any atom is 0.0653 e. The number of hydrogen-bond donors (Lipinski definition) is 2. The second kappa shape index (κ2) is 15.0. The molecule has 0 aromatic heterocycles. The fraction of sp³-hybridized carbons (Fsp3) is 1.00. The van der Waals surface area contributed by atoms with Crippen LogP contribution >= 0.6 is 0 Å². The van der Waals surface area contributed by atoms with E-state index in [1.807, 2.05) is 0 Å². The van der Waals surface area contributed by atoms with E-state index in [0.717, 1.165) is 65.5 Å². The van der Waals surface area contributed by atoms with E-state index in [9.17, 15) is 0 Å². The first kappa shape index (κ1) is 40.6. The molecule has 16 unspecified atom stereocenters. The van der Waals surface area contributed by atoms with E-state index < -0.39 is 0 Å². The summed E-state index contributed by atoms with van der Waals surface area (Å²) in [7, 11) is 2.59. The smallest absolute Gasteiger partial charge is 0.0653 e. The summed E-state index contributed by atoms with van der Waals surface area (Å²) in [6.07, 6.45) is 45.0. The van der Waals surface area contributed by atoms with Gasteiger partial charge >= 0.3 is 0 Å². The maximum absolute atomic E-state index is 4.73. The summed E-state index contributed by atoms with van der Waals surface area (Å²) in [4.78, 5) is 6.53. The van der Waals surface area contributed by atoms with Gasteiger partial charge in [-0.3, -0.25) is 20.4 Å². The fourth-order valence-electron chi connectivity index (χ4n) is 20.6. The highest BCUT2D eigenvalue weighted by molar-refractivity contribution is 5.23. The van der Waals surface area contributed by atoms with E-state index in [2.05, 4.69) is 56.8 Å². The average molecular weight is 797 g/mol. The van der Waals surface area contributed by atoms with Crippen LogP contribution in [0.15, 0.2) is 0 Å². The van der Waals surface area contributed by atoms with Crippen molar-refractivity contribution >= 4 is 0 Å². The summed E-state index contributed by atoms with van der Waals surface area (Å²) < 4.78 is 0. The normalized spacial score (nSPS) is 56.0. The summed E-state index contributed by atoms with van der Waals surface area (Å²) in [6.45, 7) is 13.6. The van der Waals surface area contributed by atoms with Gasteiger partial charge in [-0.05, 0) is 191 Å². The first-order chi connectivity index (χ1) is 28.0. The van der Waals surface area contributed by atoms with Crippen LogP contribution in [-0.2, 0) is 0 Å². The lowest BCUT2D eigenvalue weighted by molar-refractivity contribution is -0.125. The monoisotopic (exact) mass is 797 g/mol. The topological polar surface area (TPSA) is 30.5 Å². The molecular weight excluding hydrogens is 705 g/mol. The number of rotatable bonds is 5. The Morgan fingerprint density at radius 3 is 1.84 bits per heavy atom. The molecule has 4 nitrogen and oxygen atoms in total. The zero-order valence-corrected chi connectivity index (χ0v) is 39.0. The lowest BCUT2D eigenvalue weighted by Gasteiger charge is -2.62. The van der Waals surface area contributed by atoms with Gasteiger partial charge in [-0.15, -0.1) is 0 Å². The summed E-state index contributed by atoms with van der Waals surface area (Å²) in [6, 6.07) is 2.48. The molecule has 12 fully saturated rings. The highest BCUT2D eigenvalue weighted by Gasteiger charge is 2.71. The van der Waals surface area contributed by atoms with Crippen LogP contribution in [0.25, 0.3) is 0 Å². The van der Waals surface area contributed by atoms with Crippen LogP contribution in [0.3, 0.4) is 0 Å². The predicted molar refractivity (Wildman–Crippen MR) is 241 cm³/mol. The number of nitrogens with one attached hydrogen (secondary N) is 2. The van der Waals surface area contributed by atoms with Crippen LogP contribution < -0.4 is 10.6 Å². The third kappa shape index (κ3) is 6.18. The molecule has 10 saturated carbocycles. The van der Waals surface area contributed by atoms with E-state index in [-0.39, 0.29) is 0 Å². The molecule has 0 aromatic carbocycles. The van der Waals surface area contributed by atoms with Crippen molar-refractivity contribution in [3.8, 4) is 0 Å². The minimum absolute atomic E-state index is 0.406. The molecular formula is C54H92N4. The lowest BCUT2D eigenvalue weighted by Crippen LogP contribution is -2.75. The van der Waals surface area contributed by atoms with Crippen molar-refractivity contribution in [1.82, 2.24) is 20.4 Å². The van der Waals surface area contributed by atoms with Crippen LogP contribution in [0.5, 0.6) is 0 Å². The molecule has 2 bridgehead atoms. The lowest BCUT2D eigenvalue weighted by atomic mass is 9.43. The highest BCUT2D eigenvalue weighted by atomic mass is 15.4. The number of nitrogens with zero attached hydrogens (tertiary/aromatic N) is 2. The molecule has 1 spiro atoms. The van der Waals surface area contributed by atoms with Crippen molar-refractivity contribution in [2.75, 3.05) is 7.05 Å². The summed E-state index contributed by atoms with van der Waals surface area (Å²) in [5, 5.41) is 9.42. The van der Waals surface area contributed by atoms with Gasteiger partial charge in [-0.2, -0.15) is 0 Å². The van der Waals surface area contributed by atoms with Crippen molar-refractivity contribution < 1.29 is 0 Å². The van der Waals surface area contributed by atoms with E-state index in [1.165, 1.54) is 135 Å². The van der Waals surface area contributed by atoms with Crippen molar-refractivity contribution in [2.45, 2.75) is 257 Å². The molecule has 2 heterocycles. The van der Waals surface area contributed by atoms with Gasteiger partial charge in [0.15, 0.2) is 0 Å². The second-order valence-corrected chi connectivity index (χ2v) is 26.2. The van der Waals surface area contributed by atoms with Crippen LogP contribution in [0.4, 0.5) is 0 Å². The third-order valence-electron chi connectivity index (χ3n) is 23.5. The number of hydrogen-bond acceptors (Lipinski definition) is 4. The Morgan fingerprint density at radius 2 is 1.10 bits per heavy atom. The molecule has 0 aromatic rings. The maximum atomic E-state index is 4.73. The van der Waals surface area contributed by atoms with Crippen LogP contribution in [0, 0.1) is 74.4 Å². The van der Waals surface area contributed by atoms with Crippen molar-refractivity contribution in [2.24, 2.45) is 74.4 Å². The Labute approximate surface area is 358 Å². The molecule has 0 radical (unpaired) electrons. The number of fused-ring (bicyclic) bond motifs is 6. The summed E-state index contributed by atoms with van der Waals surface area (Å²) in [5.74, 6) is 7.06. The van der Waals surface area contributed by atoms with Gasteiger partial charge in [-0.1, -0.05) is 105 Å². The SMILES string of the molecule is CC1CCCC1C12CCC3(CC1)C1CCC4(C)CCCCC4C1N(C1CCCCC1C1NC(C4CCCC5(C)CCCCC45)N(C)C(C4CCCCC4(C)C)N1)C3C2. The van der Waals surface area contributed by atoms with Crippen LogP contribution in [0.2, 0.25) is 0 Å². The molecule has 4 heteroatoms. The average Bonchev–Trinajstić information content (AvgIpc) is 3.79. The molecule has 2 aliphatic heterocycles. The predicted octanol–water partition coefficient (Wildman–Crippen LogP) is 12.9. The first-order valence-corrected chi connectivity index (χ1v) is 27.0. The molecule has 58 heavy (non-hydrogen) atoms. The molecule has 10 aliphatic carbocycles. The van der Waals surface area contributed by atoms with Gasteiger partial charge in [0.25, 0.3) is 0 Å². The van der Waals surface area contributed by atoms with Crippen LogP contribution in [-0.4, -0.2) is 53.5 Å². The first-order valence-electron chi connectivity index (χ1n) is 27.0. The summed E-state index contributed by atoms with van der Waals surface area (Å²) >= 11 is 0. The van der Waals surface area contributed by atoms with Crippen LogP contribution in [0.1, 0.15) is 221 Å². The largest absolute Gasteiger partial charge is 0.293 e. The molecule has 2 N–H and O–H groups in total. The van der Waals surface area contributed by atoms with Gasteiger partial charge in [0.1, 0.15) is 0 Å². The Bertz CT molecular complexity index is 1480. The molecule has 12 aliphatic rings. The van der Waals surface area contributed by atoms with Gasteiger partial charge in [0, 0.05) is 24.0 Å². The quantitative estimate of drug-likeness (QED) is 0.290. The molecule has 0 amide bonds. The van der Waals surface area contributed by atoms with E-state index in [4.69, 9.17) is 5.32 Å². The zero-order valence-electron chi connectivity index (χ0n) is 39.0. The Kier molecular flexibility index (Phi) is 10.5. The number of likely N-dealkylation sites (tertiary alicyclic amines) is 1. The standard InChI is InChI=1S/C54H92N4/c1-36-17-15-23-39(36)53-31-33-54(34-32-53)42-25-30-52(5)28-14-11-21-41(52)46(42)58(45(54)35-53)44-24-8-7-18-38(44)47-55-48(37-19-16-29-51(4)27-13-10-20-40(37)51)57(6)49(56-47)43-22-9-12-26-50(43,2)3/h36-49,55-56H,7-35H2,1-6H3. The molecule has 12 rings (SSSR count). The summed E-state index contributed by atoms with van der Waals surface area (Å²) in [5.41, 5.74) is 2.82. The molecule has 16 atom stereocenters.